The van der Waals surface area contributed by atoms with Crippen molar-refractivity contribution in [3.8, 4) is 0 Å². The second-order valence-corrected chi connectivity index (χ2v) is 4.99. The van der Waals surface area contributed by atoms with Crippen molar-refractivity contribution in [2.75, 3.05) is 13.2 Å². The zero-order chi connectivity index (χ0) is 14.8. The molecule has 20 heavy (non-hydrogen) atoms. The maximum atomic E-state index is 11.8. The van der Waals surface area contributed by atoms with Crippen LogP contribution in [0.5, 0.6) is 0 Å². The Morgan fingerprint density at radius 3 is 2.60 bits per heavy atom. The van der Waals surface area contributed by atoms with Gasteiger partial charge >= 0.3 is 5.97 Å². The van der Waals surface area contributed by atoms with E-state index in [0.29, 0.717) is 26.1 Å². The van der Waals surface area contributed by atoms with Gasteiger partial charge in [-0.2, -0.15) is 0 Å². The summed E-state index contributed by atoms with van der Waals surface area (Å²) >= 11 is 0. The van der Waals surface area contributed by atoms with Crippen molar-refractivity contribution < 1.29 is 19.4 Å². The molecule has 1 aliphatic rings. The summed E-state index contributed by atoms with van der Waals surface area (Å²) < 4.78 is 5.23. The minimum absolute atomic E-state index is 0.335. The summed E-state index contributed by atoms with van der Waals surface area (Å²) in [4.78, 5) is 23.2. The van der Waals surface area contributed by atoms with E-state index < -0.39 is 11.5 Å². The molecule has 5 heteroatoms. The van der Waals surface area contributed by atoms with Gasteiger partial charge in [0.1, 0.15) is 5.54 Å². The molecule has 2 N–H and O–H groups in total. The lowest BCUT2D eigenvalue weighted by Crippen LogP contribution is -2.55. The van der Waals surface area contributed by atoms with Crippen molar-refractivity contribution in [2.45, 2.75) is 44.1 Å². The van der Waals surface area contributed by atoms with Gasteiger partial charge in [0.05, 0.1) is 13.2 Å². The molecule has 1 fully saturated rings. The van der Waals surface area contributed by atoms with Crippen LogP contribution < -0.4 is 5.32 Å². The van der Waals surface area contributed by atoms with E-state index in [1.807, 2.05) is 0 Å². The number of aliphatic carboxylic acids is 1. The van der Waals surface area contributed by atoms with E-state index in [1.54, 1.807) is 12.2 Å². The molecule has 0 aromatic carbocycles. The summed E-state index contributed by atoms with van der Waals surface area (Å²) in [6.45, 7) is 4.48. The van der Waals surface area contributed by atoms with Crippen LogP contribution in [-0.4, -0.2) is 35.7 Å². The molecular weight excluding hydrogens is 258 g/mol. The van der Waals surface area contributed by atoms with Gasteiger partial charge in [0.25, 0.3) is 0 Å². The van der Waals surface area contributed by atoms with Crippen LogP contribution in [0, 0.1) is 0 Å². The Morgan fingerprint density at radius 2 is 2.00 bits per heavy atom. The Labute approximate surface area is 119 Å². The number of hydrogen-bond donors (Lipinski definition) is 2. The number of carboxylic acid groups (broad SMARTS) is 1. The first-order chi connectivity index (χ1) is 9.60. The Hall–Kier alpha value is -1.62. The lowest BCUT2D eigenvalue weighted by atomic mass is 9.81. The highest BCUT2D eigenvalue weighted by atomic mass is 16.5. The van der Waals surface area contributed by atoms with Gasteiger partial charge < -0.3 is 15.2 Å². The third-order valence-electron chi connectivity index (χ3n) is 3.43. The first-order valence-corrected chi connectivity index (χ1v) is 7.01. The van der Waals surface area contributed by atoms with Crippen LogP contribution in [0.2, 0.25) is 0 Å². The minimum atomic E-state index is -1.09. The van der Waals surface area contributed by atoms with Crippen LogP contribution in [0.4, 0.5) is 0 Å². The van der Waals surface area contributed by atoms with Crippen molar-refractivity contribution >= 4 is 11.9 Å². The molecule has 1 aliphatic carbocycles. The van der Waals surface area contributed by atoms with Crippen LogP contribution in [0.3, 0.4) is 0 Å². The van der Waals surface area contributed by atoms with Gasteiger partial charge in [-0.3, -0.25) is 4.79 Å². The van der Waals surface area contributed by atoms with Crippen LogP contribution in [0.15, 0.2) is 24.8 Å². The van der Waals surface area contributed by atoms with E-state index >= 15 is 0 Å². The molecule has 1 rings (SSSR count). The van der Waals surface area contributed by atoms with E-state index in [2.05, 4.69) is 11.9 Å². The number of rotatable bonds is 8. The topological polar surface area (TPSA) is 75.6 Å². The van der Waals surface area contributed by atoms with Gasteiger partial charge in [-0.15, -0.1) is 6.58 Å². The summed E-state index contributed by atoms with van der Waals surface area (Å²) in [7, 11) is 0. The monoisotopic (exact) mass is 281 g/mol. The number of amides is 1. The van der Waals surface area contributed by atoms with E-state index in [-0.39, 0.29) is 5.91 Å². The predicted molar refractivity (Wildman–Crippen MR) is 76.4 cm³/mol. The lowest BCUT2D eigenvalue weighted by Gasteiger charge is -2.33. The van der Waals surface area contributed by atoms with E-state index in [0.717, 1.165) is 25.7 Å². The zero-order valence-corrected chi connectivity index (χ0v) is 11.8. The van der Waals surface area contributed by atoms with E-state index in [1.165, 1.54) is 6.08 Å². The molecule has 0 spiro atoms. The molecule has 0 unspecified atom stereocenters. The van der Waals surface area contributed by atoms with Crippen molar-refractivity contribution in [3.05, 3.63) is 24.8 Å². The SMILES string of the molecule is C=CCCOC/C=C/C(=O)NC1(C(=O)O)CCCCC1. The van der Waals surface area contributed by atoms with Gasteiger partial charge in [0.2, 0.25) is 5.91 Å². The van der Waals surface area contributed by atoms with Crippen LogP contribution in [0.25, 0.3) is 0 Å². The quantitative estimate of drug-likeness (QED) is 0.405. The highest BCUT2D eigenvalue weighted by Gasteiger charge is 2.40. The molecule has 0 bridgehead atoms. The molecule has 112 valence electrons. The van der Waals surface area contributed by atoms with Crippen molar-refractivity contribution in [2.24, 2.45) is 0 Å². The first kappa shape index (κ1) is 16.4. The summed E-state index contributed by atoms with van der Waals surface area (Å²) in [5.41, 5.74) is -1.09. The van der Waals surface area contributed by atoms with Crippen LogP contribution in [0.1, 0.15) is 38.5 Å². The maximum Gasteiger partial charge on any atom is 0.329 e. The molecule has 5 nitrogen and oxygen atoms in total. The fourth-order valence-electron chi connectivity index (χ4n) is 2.30. The number of ether oxygens (including phenoxy) is 1. The van der Waals surface area contributed by atoms with Gasteiger partial charge in [0.15, 0.2) is 0 Å². The Balaban J connectivity index is 2.40. The van der Waals surface area contributed by atoms with Gasteiger partial charge in [-0.05, 0) is 19.3 Å². The smallest absolute Gasteiger partial charge is 0.329 e. The molecule has 1 amide bonds. The molecule has 0 aromatic rings. The number of nitrogens with one attached hydrogen (secondary N) is 1. The average molecular weight is 281 g/mol. The fourth-order valence-corrected chi connectivity index (χ4v) is 2.30. The number of carbonyl (C=O) groups is 2. The number of hydrogen-bond acceptors (Lipinski definition) is 3. The Bertz CT molecular complexity index is 370. The Kier molecular flexibility index (Phi) is 7.01. The summed E-state index contributed by atoms with van der Waals surface area (Å²) in [6.07, 6.45) is 9.15. The fraction of sp³-hybridized carbons (Fsp3) is 0.600. The zero-order valence-electron chi connectivity index (χ0n) is 11.8. The average Bonchev–Trinajstić information content (AvgIpc) is 2.43. The van der Waals surface area contributed by atoms with Gasteiger partial charge in [-0.1, -0.05) is 31.4 Å². The summed E-state index contributed by atoms with van der Waals surface area (Å²) in [6, 6.07) is 0. The summed E-state index contributed by atoms with van der Waals surface area (Å²) in [5.74, 6) is -1.32. The van der Waals surface area contributed by atoms with Crippen LogP contribution >= 0.6 is 0 Å². The maximum absolute atomic E-state index is 11.8. The second-order valence-electron chi connectivity index (χ2n) is 4.99. The van der Waals surface area contributed by atoms with E-state index in [4.69, 9.17) is 4.74 Å². The molecule has 0 radical (unpaired) electrons. The number of carboxylic acids is 1. The van der Waals surface area contributed by atoms with E-state index in [9.17, 15) is 14.7 Å². The largest absolute Gasteiger partial charge is 0.480 e. The minimum Gasteiger partial charge on any atom is -0.480 e. The standard InChI is InChI=1S/C15H23NO4/c1-2-3-11-20-12-7-8-13(17)16-15(14(18)19)9-5-4-6-10-15/h2,7-8H,1,3-6,9-12H2,(H,16,17)(H,18,19)/b8-7+. The third-order valence-corrected chi connectivity index (χ3v) is 3.43. The summed E-state index contributed by atoms with van der Waals surface area (Å²) in [5, 5.41) is 12.0. The van der Waals surface area contributed by atoms with Gasteiger partial charge in [0, 0.05) is 6.08 Å². The molecular formula is C15H23NO4. The van der Waals surface area contributed by atoms with Crippen molar-refractivity contribution in [3.63, 3.8) is 0 Å². The second kappa shape index (κ2) is 8.53. The molecule has 0 saturated heterocycles. The third kappa shape index (κ3) is 5.17. The highest BCUT2D eigenvalue weighted by Crippen LogP contribution is 2.28. The number of carbonyl (C=O) groups excluding carboxylic acids is 1. The Morgan fingerprint density at radius 1 is 1.30 bits per heavy atom. The van der Waals surface area contributed by atoms with Crippen molar-refractivity contribution in [1.29, 1.82) is 0 Å². The highest BCUT2D eigenvalue weighted by molar-refractivity contribution is 5.93. The molecule has 0 heterocycles. The molecule has 0 aromatic heterocycles. The van der Waals surface area contributed by atoms with Crippen molar-refractivity contribution in [1.82, 2.24) is 5.32 Å². The normalized spacial score (nSPS) is 17.8. The van der Waals surface area contributed by atoms with Gasteiger partial charge in [-0.25, -0.2) is 4.79 Å². The molecule has 0 aliphatic heterocycles. The molecule has 0 atom stereocenters. The van der Waals surface area contributed by atoms with Crippen LogP contribution in [-0.2, 0) is 14.3 Å². The molecule has 1 saturated carbocycles. The first-order valence-electron chi connectivity index (χ1n) is 7.01. The predicted octanol–water partition coefficient (Wildman–Crippen LogP) is 2.04. The lowest BCUT2D eigenvalue weighted by molar-refractivity contribution is -0.148.